The maximum absolute atomic E-state index is 14.8. The van der Waals surface area contributed by atoms with Gasteiger partial charge in [-0.15, -0.1) is 0 Å². The van der Waals surface area contributed by atoms with Gasteiger partial charge in [0.1, 0.15) is 17.4 Å². The number of carbonyl (C=O) groups is 2. The molecule has 2 aliphatic rings. The third kappa shape index (κ3) is 4.38. The summed E-state index contributed by atoms with van der Waals surface area (Å²) in [5.74, 6) is -1.50. The molecule has 0 aromatic heterocycles. The average molecular weight is 478 g/mol. The summed E-state index contributed by atoms with van der Waals surface area (Å²) < 4.78 is 34.5. The van der Waals surface area contributed by atoms with Crippen molar-refractivity contribution in [1.82, 2.24) is 4.90 Å². The molecule has 0 spiro atoms. The summed E-state index contributed by atoms with van der Waals surface area (Å²) in [6.07, 6.45) is 0.823. The molecule has 0 radical (unpaired) electrons. The van der Waals surface area contributed by atoms with Gasteiger partial charge in [0.2, 0.25) is 5.91 Å². The van der Waals surface area contributed by atoms with Crippen LogP contribution in [0, 0.1) is 17.6 Å². The van der Waals surface area contributed by atoms with Gasteiger partial charge in [0, 0.05) is 24.6 Å². The molecule has 0 saturated heterocycles. The number of benzene rings is 3. The fraction of sp³-hybridized carbons (Fsp3) is 0.286. The van der Waals surface area contributed by atoms with Crippen molar-refractivity contribution in [3.8, 4) is 16.9 Å². The van der Waals surface area contributed by atoms with Crippen LogP contribution in [0.15, 0.2) is 54.6 Å². The number of halogens is 2. The Morgan fingerprint density at radius 3 is 2.57 bits per heavy atom. The summed E-state index contributed by atoms with van der Waals surface area (Å²) in [6.45, 7) is 0.622. The van der Waals surface area contributed by atoms with Crippen LogP contribution in [0.4, 0.5) is 8.78 Å². The van der Waals surface area contributed by atoms with E-state index in [1.54, 1.807) is 47.4 Å². The number of hydrogen-bond donors (Lipinski definition) is 1. The molecule has 1 fully saturated rings. The molecular weight excluding hydrogens is 452 g/mol. The minimum Gasteiger partial charge on any atom is -0.496 e. The number of carboxylic acid groups (broad SMARTS) is 1. The van der Waals surface area contributed by atoms with Crippen LogP contribution in [0.25, 0.3) is 11.1 Å². The minimum atomic E-state index is -0.951. The van der Waals surface area contributed by atoms with Crippen LogP contribution >= 0.6 is 0 Å². The van der Waals surface area contributed by atoms with E-state index in [1.807, 2.05) is 0 Å². The highest BCUT2D eigenvalue weighted by atomic mass is 19.1. The molecule has 3 aromatic rings. The Labute approximate surface area is 202 Å². The first kappa shape index (κ1) is 23.0. The summed E-state index contributed by atoms with van der Waals surface area (Å²) in [7, 11) is 1.53. The fourth-order valence-corrected chi connectivity index (χ4v) is 5.14. The van der Waals surface area contributed by atoms with E-state index in [-0.39, 0.29) is 42.3 Å². The lowest BCUT2D eigenvalue weighted by Gasteiger charge is -2.31. The van der Waals surface area contributed by atoms with E-state index in [9.17, 15) is 23.5 Å². The molecular formula is C28H25F2NO4. The van der Waals surface area contributed by atoms with Crippen LogP contribution in [-0.2, 0) is 29.0 Å². The van der Waals surface area contributed by atoms with Crippen LogP contribution in [0.3, 0.4) is 0 Å². The molecule has 5 rings (SSSR count). The van der Waals surface area contributed by atoms with E-state index < -0.39 is 5.97 Å². The van der Waals surface area contributed by atoms with E-state index in [4.69, 9.17) is 4.74 Å². The van der Waals surface area contributed by atoms with Gasteiger partial charge in [-0.05, 0) is 70.8 Å². The summed E-state index contributed by atoms with van der Waals surface area (Å²) in [6, 6.07) is 14.8. The number of hydrogen-bond acceptors (Lipinski definition) is 3. The monoisotopic (exact) mass is 477 g/mol. The third-order valence-corrected chi connectivity index (χ3v) is 6.99. The molecule has 0 bridgehead atoms. The molecule has 35 heavy (non-hydrogen) atoms. The molecule has 1 saturated carbocycles. The second-order valence-corrected chi connectivity index (χ2v) is 9.14. The highest BCUT2D eigenvalue weighted by Gasteiger charge is 2.47. The van der Waals surface area contributed by atoms with Crippen molar-refractivity contribution in [3.05, 3.63) is 88.5 Å². The maximum atomic E-state index is 14.8. The van der Waals surface area contributed by atoms with Gasteiger partial charge in [0.05, 0.1) is 13.5 Å². The molecule has 180 valence electrons. The van der Waals surface area contributed by atoms with Gasteiger partial charge in [0.15, 0.2) is 0 Å². The number of fused-ring (bicyclic) bond motifs is 1. The summed E-state index contributed by atoms with van der Waals surface area (Å²) in [4.78, 5) is 26.3. The van der Waals surface area contributed by atoms with Gasteiger partial charge in [-0.1, -0.05) is 30.3 Å². The molecule has 1 aliphatic carbocycles. The molecule has 5 nitrogen and oxygen atoms in total. The number of ether oxygens (including phenoxy) is 1. The first-order valence-electron chi connectivity index (χ1n) is 11.6. The largest absolute Gasteiger partial charge is 0.496 e. The van der Waals surface area contributed by atoms with Crippen LogP contribution < -0.4 is 4.74 Å². The number of methoxy groups -OCH3 is 1. The first-order valence-corrected chi connectivity index (χ1v) is 11.6. The summed E-state index contributed by atoms with van der Waals surface area (Å²) >= 11 is 0. The smallest absolute Gasteiger partial charge is 0.307 e. The molecule has 1 heterocycles. The zero-order valence-electron chi connectivity index (χ0n) is 19.3. The van der Waals surface area contributed by atoms with Crippen molar-refractivity contribution in [2.24, 2.45) is 5.92 Å². The molecule has 0 unspecified atom stereocenters. The van der Waals surface area contributed by atoms with Crippen LogP contribution in [0.2, 0.25) is 0 Å². The Morgan fingerprint density at radius 2 is 1.83 bits per heavy atom. The van der Waals surface area contributed by atoms with Gasteiger partial charge in [-0.3, -0.25) is 9.59 Å². The van der Waals surface area contributed by atoms with Crippen LogP contribution in [0.1, 0.15) is 34.6 Å². The quantitative estimate of drug-likeness (QED) is 0.545. The van der Waals surface area contributed by atoms with Gasteiger partial charge >= 0.3 is 5.97 Å². The normalized spacial score (nSPS) is 18.7. The second kappa shape index (κ2) is 9.13. The Hall–Kier alpha value is -3.74. The van der Waals surface area contributed by atoms with Gasteiger partial charge < -0.3 is 14.7 Å². The maximum Gasteiger partial charge on any atom is 0.307 e. The highest BCUT2D eigenvalue weighted by molar-refractivity contribution is 5.84. The van der Waals surface area contributed by atoms with E-state index in [0.29, 0.717) is 58.5 Å². The number of carboxylic acids is 1. The Morgan fingerprint density at radius 1 is 1.03 bits per heavy atom. The van der Waals surface area contributed by atoms with Crippen LogP contribution in [0.5, 0.6) is 5.75 Å². The van der Waals surface area contributed by atoms with E-state index in [0.717, 1.165) is 0 Å². The standard InChI is InChI=1S/C28H25F2NO4/c1-35-26-9-6-16(13-27(32)33)12-21(26)17-7-8-25(30)19-10-11-31(15-23(17)19)28(34)22-14-20(22)18-4-2-3-5-24(18)29/h2-9,12,20,22H,10-11,13-15H2,1H3,(H,32,33)/t20-,22+/m0/s1. The molecule has 7 heteroatoms. The van der Waals surface area contributed by atoms with Crippen molar-refractivity contribution in [1.29, 1.82) is 0 Å². The number of rotatable bonds is 6. The summed E-state index contributed by atoms with van der Waals surface area (Å²) in [5, 5.41) is 9.21. The lowest BCUT2D eigenvalue weighted by Crippen LogP contribution is -2.37. The van der Waals surface area contributed by atoms with Crippen molar-refractivity contribution in [2.45, 2.75) is 31.7 Å². The number of amides is 1. The van der Waals surface area contributed by atoms with Gasteiger partial charge in [-0.25, -0.2) is 8.78 Å². The zero-order chi connectivity index (χ0) is 24.7. The predicted octanol–water partition coefficient (Wildman–Crippen LogP) is 4.96. The van der Waals surface area contributed by atoms with E-state index >= 15 is 0 Å². The topological polar surface area (TPSA) is 66.8 Å². The lowest BCUT2D eigenvalue weighted by molar-refractivity contribution is -0.136. The molecule has 1 amide bonds. The fourth-order valence-electron chi connectivity index (χ4n) is 5.14. The molecule has 1 N–H and O–H groups in total. The second-order valence-electron chi connectivity index (χ2n) is 9.14. The number of aliphatic carboxylic acids is 1. The lowest BCUT2D eigenvalue weighted by atomic mass is 9.89. The Kier molecular flexibility index (Phi) is 6.01. The van der Waals surface area contributed by atoms with Crippen molar-refractivity contribution in [3.63, 3.8) is 0 Å². The number of nitrogens with zero attached hydrogens (tertiary/aromatic N) is 1. The SMILES string of the molecule is COc1ccc(CC(=O)O)cc1-c1ccc(F)c2c1CN(C(=O)[C@@H]1C[C@H]1c1ccccc1F)CC2. The Bertz CT molecular complexity index is 1320. The molecule has 2 atom stereocenters. The van der Waals surface area contributed by atoms with E-state index in [2.05, 4.69) is 0 Å². The molecule has 1 aliphatic heterocycles. The van der Waals surface area contributed by atoms with Crippen molar-refractivity contribution >= 4 is 11.9 Å². The van der Waals surface area contributed by atoms with Crippen molar-refractivity contribution in [2.75, 3.05) is 13.7 Å². The van der Waals surface area contributed by atoms with Crippen LogP contribution in [-0.4, -0.2) is 35.5 Å². The number of carbonyl (C=O) groups excluding carboxylic acids is 1. The van der Waals surface area contributed by atoms with Gasteiger partial charge in [-0.2, -0.15) is 0 Å². The third-order valence-electron chi connectivity index (χ3n) is 6.99. The van der Waals surface area contributed by atoms with E-state index in [1.165, 1.54) is 19.2 Å². The van der Waals surface area contributed by atoms with Gasteiger partial charge in [0.25, 0.3) is 0 Å². The zero-order valence-corrected chi connectivity index (χ0v) is 19.3. The summed E-state index contributed by atoms with van der Waals surface area (Å²) in [5.41, 5.74) is 3.78. The minimum absolute atomic E-state index is 0.0503. The van der Waals surface area contributed by atoms with Crippen molar-refractivity contribution < 1.29 is 28.2 Å². The average Bonchev–Trinajstić information content (AvgIpc) is 3.64. The predicted molar refractivity (Wildman–Crippen MR) is 126 cm³/mol. The highest BCUT2D eigenvalue weighted by Crippen LogP contribution is 2.50. The molecule has 3 aromatic carbocycles. The first-order chi connectivity index (χ1) is 16.9. The Balaban J connectivity index is 1.46.